The van der Waals surface area contributed by atoms with Gasteiger partial charge in [0.2, 0.25) is 23.7 Å². The van der Waals surface area contributed by atoms with Crippen LogP contribution < -0.4 is 23.3 Å². The molecule has 386 valence electrons. The van der Waals surface area contributed by atoms with Crippen LogP contribution in [0.15, 0.2) is 63.7 Å². The number of carbonyl (C=O) groups excluding carboxylic acids is 2. The third-order valence-corrected chi connectivity index (χ3v) is 32.6. The summed E-state index contributed by atoms with van der Waals surface area (Å²) in [6.45, 7) is 11.1. The molecule has 2 aliphatic carbocycles. The first-order chi connectivity index (χ1) is 35.1. The van der Waals surface area contributed by atoms with Gasteiger partial charge in [-0.1, -0.05) is 39.5 Å². The number of likely N-dealkylation sites (N-methyl/N-ethyl adjacent to an activating group) is 2. The van der Waals surface area contributed by atoms with E-state index in [4.69, 9.17) is 15.0 Å². The molecule has 2 aliphatic heterocycles. The number of unbranched alkanes of at least 4 members (excludes halogenated alkanes) is 3. The molecule has 0 radical (unpaired) electrons. The number of carbonyl (C=O) groups is 2. The van der Waals surface area contributed by atoms with Gasteiger partial charge in [0.1, 0.15) is 29.2 Å². The number of halogens is 1. The molecular formula is C52H73BrN14O2S2Sn. The number of nitrogens with zero attached hydrogens (tertiary/aromatic N) is 14. The van der Waals surface area contributed by atoms with Crippen molar-refractivity contribution in [1.82, 2.24) is 49.0 Å². The maximum Gasteiger partial charge on any atom is 0.249 e. The predicted molar refractivity (Wildman–Crippen MR) is 298 cm³/mol. The maximum atomic E-state index is 13.0. The molecule has 72 heavy (non-hydrogen) atoms. The minimum Gasteiger partial charge on any atom is -0.340 e. The molecule has 0 bridgehead atoms. The first-order valence-corrected chi connectivity index (χ1v) is 36.6. The quantitative estimate of drug-likeness (QED) is 0.0797. The van der Waals surface area contributed by atoms with Crippen molar-refractivity contribution in [3.8, 4) is 23.4 Å². The molecule has 16 nitrogen and oxygen atoms in total. The largest absolute Gasteiger partial charge is 0.340 e. The van der Waals surface area contributed by atoms with E-state index in [1.54, 1.807) is 48.4 Å². The van der Waals surface area contributed by atoms with E-state index in [0.717, 1.165) is 67.2 Å². The molecular weight excluding hydrogens is 1120 g/mol. The summed E-state index contributed by atoms with van der Waals surface area (Å²) in [6, 6.07) is 0.379. The molecule has 2 saturated carbocycles. The Morgan fingerprint density at radius 3 is 1.51 bits per heavy atom. The molecule has 2 atom stereocenters. The SMILES string of the molecule is CCC[CH2][Sn]([CH2]CCC)([CH2]CCC)[c]1cscn1.CC[C@@H]1C(=O)N(C)c2cnc(-n3ccnc3-c3cscn3)nc2N1C1CCCC1.CC[C@@H]1C(=O)N(C)c2cnc(-n3ccnc3Br)nc2N1C1CCCC1. The van der Waals surface area contributed by atoms with Gasteiger partial charge in [-0.3, -0.25) is 18.7 Å². The minimum absolute atomic E-state index is 0.119. The van der Waals surface area contributed by atoms with Crippen LogP contribution in [0, 0.1) is 0 Å². The van der Waals surface area contributed by atoms with Crippen LogP contribution in [0.3, 0.4) is 0 Å². The van der Waals surface area contributed by atoms with E-state index in [1.807, 2.05) is 47.8 Å². The zero-order chi connectivity index (χ0) is 50.8. The summed E-state index contributed by atoms with van der Waals surface area (Å²) in [5.74, 6) is 3.76. The first-order valence-electron chi connectivity index (χ1n) is 26.4. The second-order valence-corrected chi connectivity index (χ2v) is 34.8. The van der Waals surface area contributed by atoms with Crippen LogP contribution in [-0.4, -0.2) is 117 Å². The monoisotopic (exact) mass is 1190 g/mol. The number of imidazole rings is 2. The van der Waals surface area contributed by atoms with Gasteiger partial charge in [0.25, 0.3) is 0 Å². The zero-order valence-corrected chi connectivity index (χ0v) is 49.4. The summed E-state index contributed by atoms with van der Waals surface area (Å²) in [5.41, 5.74) is 6.20. The molecule has 0 aromatic carbocycles. The fourth-order valence-corrected chi connectivity index (χ4v) is 29.9. The molecule has 2 amide bonds. The molecule has 0 spiro atoms. The Morgan fingerprint density at radius 1 is 0.611 bits per heavy atom. The predicted octanol–water partition coefficient (Wildman–Crippen LogP) is 11.4. The molecule has 0 N–H and O–H groups in total. The van der Waals surface area contributed by atoms with E-state index in [0.29, 0.717) is 34.5 Å². The molecule has 2 fully saturated rings. The molecule has 0 unspecified atom stereocenters. The van der Waals surface area contributed by atoms with E-state index >= 15 is 0 Å². The first kappa shape index (κ1) is 53.9. The standard InChI is InChI=1S/C20H23N7OS.C17H21BrN6O.3C4H9.C3H2NS.Sn/c1-3-15-19(28)25(2)16-10-22-20(24-18(16)27(15)13-6-4-5-7-13)26-9-8-21-17(26)14-11-29-12-23-14;1-3-12-15(25)22(2)13-10-20-17(23-9-8-19-16(23)18)21-14(13)24(12)11-6-4-5-7-11;3*1-3-4-2;1-2-5-3-4-1;/h8-13,15H,3-7H2,1-2H3;8-12H,3-7H2,1-2H3;3*1,3-4H2,2H3;2-3H;/t15-;12-;;;;;/m11...../s1. The summed E-state index contributed by atoms with van der Waals surface area (Å²) in [6.07, 6.45) is 29.7. The van der Waals surface area contributed by atoms with Crippen LogP contribution in [0.4, 0.5) is 23.0 Å². The third-order valence-electron chi connectivity index (χ3n) is 15.1. The van der Waals surface area contributed by atoms with Crippen molar-refractivity contribution in [2.45, 2.75) is 175 Å². The maximum absolute atomic E-state index is 13.0. The Bertz CT molecular complexity index is 2650. The van der Waals surface area contributed by atoms with Gasteiger partial charge in [0.15, 0.2) is 22.2 Å². The fourth-order valence-electron chi connectivity index (χ4n) is 11.2. The number of anilines is 4. The summed E-state index contributed by atoms with van der Waals surface area (Å²) < 4.78 is 10.5. The third kappa shape index (κ3) is 11.5. The van der Waals surface area contributed by atoms with Gasteiger partial charge >= 0.3 is 122 Å². The van der Waals surface area contributed by atoms with E-state index in [-0.39, 0.29) is 23.9 Å². The Labute approximate surface area is 446 Å². The fraction of sp³-hybridized carbons (Fsp3) is 0.577. The van der Waals surface area contributed by atoms with Gasteiger partial charge in [0, 0.05) is 56.3 Å². The summed E-state index contributed by atoms with van der Waals surface area (Å²) in [5, 5.41) is 4.35. The zero-order valence-electron chi connectivity index (χ0n) is 43.3. The number of thiazole rings is 2. The van der Waals surface area contributed by atoms with Crippen LogP contribution in [0.5, 0.6) is 0 Å². The number of hydrogen-bond donors (Lipinski definition) is 0. The molecule has 10 rings (SSSR count). The Balaban J connectivity index is 0.000000149. The molecule has 4 aliphatic rings. The summed E-state index contributed by atoms with van der Waals surface area (Å²) >= 11 is 4.62. The van der Waals surface area contributed by atoms with E-state index < -0.39 is 18.4 Å². The van der Waals surface area contributed by atoms with Crippen LogP contribution >= 0.6 is 38.6 Å². The van der Waals surface area contributed by atoms with Gasteiger partial charge in [-0.15, -0.1) is 11.3 Å². The van der Waals surface area contributed by atoms with Gasteiger partial charge < -0.3 is 19.6 Å². The molecule has 6 aromatic heterocycles. The Hall–Kier alpha value is -4.34. The van der Waals surface area contributed by atoms with E-state index in [9.17, 15) is 9.59 Å². The number of aromatic nitrogens is 10. The number of amides is 2. The van der Waals surface area contributed by atoms with Gasteiger partial charge in [0.05, 0.1) is 17.9 Å². The molecule has 0 saturated heterocycles. The molecule has 6 aromatic rings. The van der Waals surface area contributed by atoms with Gasteiger partial charge in [-0.25, -0.2) is 24.9 Å². The average molecular weight is 1190 g/mol. The Kier molecular flexibility index (Phi) is 18.9. The van der Waals surface area contributed by atoms with Crippen molar-refractivity contribution in [1.29, 1.82) is 0 Å². The van der Waals surface area contributed by atoms with Gasteiger partial charge in [-0.2, -0.15) is 9.97 Å². The van der Waals surface area contributed by atoms with Crippen molar-refractivity contribution in [2.24, 2.45) is 0 Å². The molecule has 20 heteroatoms. The minimum atomic E-state index is -2.13. The van der Waals surface area contributed by atoms with E-state index in [1.165, 1.54) is 88.9 Å². The number of hydrogen-bond acceptors (Lipinski definition) is 14. The Morgan fingerprint density at radius 2 is 1.08 bits per heavy atom. The van der Waals surface area contributed by atoms with Crippen molar-refractivity contribution < 1.29 is 9.59 Å². The second kappa shape index (κ2) is 25.3. The van der Waals surface area contributed by atoms with E-state index in [2.05, 4.69) is 96.2 Å². The van der Waals surface area contributed by atoms with Crippen LogP contribution in [0.25, 0.3) is 23.4 Å². The number of fused-ring (bicyclic) bond motifs is 2. The van der Waals surface area contributed by atoms with Crippen molar-refractivity contribution in [3.63, 3.8) is 0 Å². The second-order valence-electron chi connectivity index (χ2n) is 19.6. The summed E-state index contributed by atoms with van der Waals surface area (Å²) in [7, 11) is 3.63. The normalized spacial score (nSPS) is 18.3. The van der Waals surface area contributed by atoms with Crippen LogP contribution in [0.1, 0.15) is 137 Å². The summed E-state index contributed by atoms with van der Waals surface area (Å²) in [4.78, 5) is 70.4. The van der Waals surface area contributed by atoms with Crippen molar-refractivity contribution in [3.05, 3.63) is 63.7 Å². The van der Waals surface area contributed by atoms with Crippen LogP contribution in [0.2, 0.25) is 13.3 Å². The number of rotatable bonds is 17. The molecule has 8 heterocycles. The smallest absolute Gasteiger partial charge is 0.249 e. The topological polar surface area (TPSA) is 160 Å². The van der Waals surface area contributed by atoms with Crippen molar-refractivity contribution in [2.75, 3.05) is 33.7 Å². The van der Waals surface area contributed by atoms with Crippen LogP contribution in [-0.2, 0) is 9.59 Å². The van der Waals surface area contributed by atoms with Crippen molar-refractivity contribution >= 4 is 95.5 Å². The van der Waals surface area contributed by atoms with Gasteiger partial charge in [-0.05, 0) is 54.5 Å². The average Bonchev–Trinajstić information content (AvgIpc) is 4.27.